The van der Waals surface area contributed by atoms with Crippen LogP contribution < -0.4 is 5.32 Å². The SMILES string of the molecule is N=N/C(=C(\[NH2+]Cc1cc(C(F)(F)F)cc(C(F)(F)F)c1)c1ccccc1)c1nnc(C=O)n1Cc1ccccc1Cl. The quantitative estimate of drug-likeness (QED) is 0.132. The van der Waals surface area contributed by atoms with Crippen LogP contribution in [0.4, 0.5) is 26.3 Å². The van der Waals surface area contributed by atoms with Crippen LogP contribution >= 0.6 is 11.6 Å². The van der Waals surface area contributed by atoms with E-state index in [4.69, 9.17) is 17.1 Å². The summed E-state index contributed by atoms with van der Waals surface area (Å²) in [5.74, 6) is -0.140. The topological polar surface area (TPSA) is 101 Å². The molecule has 0 amide bonds. The highest BCUT2D eigenvalue weighted by Gasteiger charge is 2.37. The molecule has 1 heterocycles. The van der Waals surface area contributed by atoms with Crippen molar-refractivity contribution in [1.82, 2.24) is 14.8 Å². The van der Waals surface area contributed by atoms with Crippen molar-refractivity contribution in [2.45, 2.75) is 25.4 Å². The summed E-state index contributed by atoms with van der Waals surface area (Å²) in [6.45, 7) is -0.366. The molecule has 0 aliphatic heterocycles. The van der Waals surface area contributed by atoms with Gasteiger partial charge in [0.05, 0.1) is 17.7 Å². The van der Waals surface area contributed by atoms with Crippen LogP contribution in [-0.4, -0.2) is 21.1 Å². The molecule has 1 aromatic heterocycles. The molecule has 0 bridgehead atoms. The molecule has 0 aliphatic carbocycles. The molecule has 0 fully saturated rings. The number of nitrogens with two attached hydrogens (primary N) is 1. The van der Waals surface area contributed by atoms with Crippen molar-refractivity contribution in [2.75, 3.05) is 0 Å². The van der Waals surface area contributed by atoms with Crippen LogP contribution in [0, 0.1) is 5.53 Å². The first-order valence-corrected chi connectivity index (χ1v) is 12.2. The highest BCUT2D eigenvalue weighted by Crippen LogP contribution is 2.36. The molecule has 41 heavy (non-hydrogen) atoms. The molecule has 7 nitrogen and oxygen atoms in total. The molecule has 14 heteroatoms. The lowest BCUT2D eigenvalue weighted by atomic mass is 10.0. The maximum Gasteiger partial charge on any atom is 0.416 e. The lowest BCUT2D eigenvalue weighted by Gasteiger charge is -2.15. The number of quaternary nitrogens is 1. The van der Waals surface area contributed by atoms with Gasteiger partial charge in [-0.2, -0.15) is 26.3 Å². The Labute approximate surface area is 234 Å². The molecule has 3 N–H and O–H groups in total. The Morgan fingerprint density at radius 2 is 1.54 bits per heavy atom. The number of benzene rings is 3. The second-order valence-corrected chi connectivity index (χ2v) is 9.15. The minimum atomic E-state index is -5.00. The van der Waals surface area contributed by atoms with Crippen molar-refractivity contribution in [2.24, 2.45) is 5.11 Å². The highest BCUT2D eigenvalue weighted by atomic mass is 35.5. The number of halogens is 7. The highest BCUT2D eigenvalue weighted by molar-refractivity contribution is 6.31. The fourth-order valence-electron chi connectivity index (χ4n) is 4.09. The predicted molar refractivity (Wildman–Crippen MR) is 136 cm³/mol. The van der Waals surface area contributed by atoms with Crippen molar-refractivity contribution >= 4 is 29.3 Å². The summed E-state index contributed by atoms with van der Waals surface area (Å²) in [6.07, 6.45) is -9.56. The zero-order valence-electron chi connectivity index (χ0n) is 20.8. The number of alkyl halides is 6. The van der Waals surface area contributed by atoms with Crippen LogP contribution in [0.25, 0.3) is 11.4 Å². The number of hydrogen-bond donors (Lipinski definition) is 2. The number of aldehydes is 1. The summed E-state index contributed by atoms with van der Waals surface area (Å²) < 4.78 is 81.8. The van der Waals surface area contributed by atoms with Crippen molar-refractivity contribution < 1.29 is 36.5 Å². The normalized spacial score (nSPS) is 12.7. The first-order chi connectivity index (χ1) is 19.4. The molecule has 0 radical (unpaired) electrons. The van der Waals surface area contributed by atoms with Gasteiger partial charge in [-0.1, -0.05) is 48.0 Å². The van der Waals surface area contributed by atoms with E-state index in [1.807, 2.05) is 0 Å². The Hall–Kier alpha value is -4.36. The monoisotopic (exact) mass is 593 g/mol. The summed E-state index contributed by atoms with van der Waals surface area (Å²) in [4.78, 5) is 11.8. The van der Waals surface area contributed by atoms with Crippen LogP contribution in [0.1, 0.15) is 44.3 Å². The molecule has 0 atom stereocenters. The van der Waals surface area contributed by atoms with Crippen molar-refractivity contribution in [1.29, 1.82) is 5.53 Å². The lowest BCUT2D eigenvalue weighted by Crippen LogP contribution is -2.79. The first-order valence-electron chi connectivity index (χ1n) is 11.8. The van der Waals surface area contributed by atoms with Gasteiger partial charge in [-0.25, -0.2) is 5.53 Å². The minimum Gasteiger partial charge on any atom is -0.308 e. The number of aromatic nitrogens is 3. The van der Waals surface area contributed by atoms with Gasteiger partial charge in [0.2, 0.25) is 0 Å². The molecule has 0 aliphatic rings. The van der Waals surface area contributed by atoms with Crippen LogP contribution in [0.5, 0.6) is 0 Å². The average molecular weight is 594 g/mol. The largest absolute Gasteiger partial charge is 0.416 e. The summed E-state index contributed by atoms with van der Waals surface area (Å²) >= 11 is 6.29. The van der Waals surface area contributed by atoms with E-state index in [1.165, 1.54) is 9.88 Å². The zero-order valence-corrected chi connectivity index (χ0v) is 21.6. The van der Waals surface area contributed by atoms with E-state index in [9.17, 15) is 31.1 Å². The molecular formula is C27H20ClF6N6O+. The fourth-order valence-corrected chi connectivity index (χ4v) is 4.28. The molecule has 0 saturated carbocycles. The maximum atomic E-state index is 13.4. The van der Waals surface area contributed by atoms with Gasteiger partial charge in [-0.15, -0.1) is 15.3 Å². The van der Waals surface area contributed by atoms with Crippen molar-refractivity contribution in [3.63, 3.8) is 0 Å². The molecule has 0 saturated heterocycles. The standard InChI is InChI=1S/C27H19ClF6N6O/c28-21-9-5-4-8-18(21)14-40-22(15-41)38-39-25(40)24(37-35)23(17-6-2-1-3-7-17)36-13-16-10-19(26(29,30)31)12-20(11-16)27(32,33)34/h1-12,15,35-36H,13-14H2/p+1/b24-23-,37-35?. The van der Waals surface area contributed by atoms with E-state index in [0.717, 1.165) is 0 Å². The second-order valence-electron chi connectivity index (χ2n) is 8.74. The van der Waals surface area contributed by atoms with Crippen LogP contribution in [-0.2, 0) is 25.4 Å². The minimum absolute atomic E-state index is 0.0136. The average Bonchev–Trinajstić information content (AvgIpc) is 3.33. The Morgan fingerprint density at radius 1 is 0.927 bits per heavy atom. The number of nitrogens with zero attached hydrogens (tertiary/aromatic N) is 4. The predicted octanol–water partition coefficient (Wildman–Crippen LogP) is 6.45. The molecular weight excluding hydrogens is 574 g/mol. The maximum absolute atomic E-state index is 13.4. The molecule has 0 unspecified atom stereocenters. The van der Waals surface area contributed by atoms with E-state index >= 15 is 0 Å². The molecule has 0 spiro atoms. The van der Waals surface area contributed by atoms with Crippen LogP contribution in [0.2, 0.25) is 5.02 Å². The van der Waals surface area contributed by atoms with Gasteiger partial charge < -0.3 is 5.32 Å². The second kappa shape index (κ2) is 12.0. The Bertz CT molecular complexity index is 1570. The Morgan fingerprint density at radius 3 is 2.10 bits per heavy atom. The number of carbonyl (C=O) groups is 1. The number of carbonyl (C=O) groups excluding carboxylic acids is 1. The van der Waals surface area contributed by atoms with E-state index in [0.29, 0.717) is 34.6 Å². The van der Waals surface area contributed by atoms with Gasteiger partial charge in [-0.3, -0.25) is 9.36 Å². The summed E-state index contributed by atoms with van der Waals surface area (Å²) in [5.41, 5.74) is 5.88. The smallest absolute Gasteiger partial charge is 0.308 e. The molecule has 4 aromatic rings. The Kier molecular flexibility index (Phi) is 8.69. The van der Waals surface area contributed by atoms with Gasteiger partial charge in [0.25, 0.3) is 0 Å². The number of hydrogen-bond acceptors (Lipinski definition) is 5. The van der Waals surface area contributed by atoms with Crippen molar-refractivity contribution in [3.05, 3.63) is 117 Å². The summed E-state index contributed by atoms with van der Waals surface area (Å²) in [6, 6.07) is 16.4. The third-order valence-electron chi connectivity index (χ3n) is 6.02. The van der Waals surface area contributed by atoms with Gasteiger partial charge in [0.1, 0.15) is 6.54 Å². The molecule has 3 aromatic carbocycles. The van der Waals surface area contributed by atoms with E-state index in [1.54, 1.807) is 54.6 Å². The summed E-state index contributed by atoms with van der Waals surface area (Å²) in [7, 11) is 0. The third kappa shape index (κ3) is 6.87. The number of nitrogens with one attached hydrogen (secondary N) is 1. The van der Waals surface area contributed by atoms with Gasteiger partial charge >= 0.3 is 12.4 Å². The van der Waals surface area contributed by atoms with Crippen LogP contribution in [0.3, 0.4) is 0 Å². The first kappa shape index (κ1) is 29.6. The Balaban J connectivity index is 1.84. The number of rotatable bonds is 9. The summed E-state index contributed by atoms with van der Waals surface area (Å²) in [5, 5.41) is 13.2. The van der Waals surface area contributed by atoms with Crippen molar-refractivity contribution in [3.8, 4) is 0 Å². The third-order valence-corrected chi connectivity index (χ3v) is 6.39. The molecule has 4 rings (SSSR count). The van der Waals surface area contributed by atoms with Crippen LogP contribution in [0.15, 0.2) is 77.9 Å². The lowest BCUT2D eigenvalue weighted by molar-refractivity contribution is -0.579. The fraction of sp³-hybridized carbons (Fsp3) is 0.148. The van der Waals surface area contributed by atoms with Gasteiger partial charge in [-0.05, 0) is 42.0 Å². The van der Waals surface area contributed by atoms with Gasteiger partial charge in [0, 0.05) is 16.1 Å². The van der Waals surface area contributed by atoms with E-state index in [2.05, 4.69) is 15.3 Å². The molecule has 212 valence electrons. The van der Waals surface area contributed by atoms with E-state index in [-0.39, 0.29) is 47.8 Å². The zero-order chi connectivity index (χ0) is 29.8. The van der Waals surface area contributed by atoms with Gasteiger partial charge in [0.15, 0.2) is 29.3 Å². The van der Waals surface area contributed by atoms with E-state index < -0.39 is 23.5 Å².